The summed E-state index contributed by atoms with van der Waals surface area (Å²) in [6, 6.07) is 1.69. The van der Waals surface area contributed by atoms with E-state index in [9.17, 15) is 4.79 Å². The van der Waals surface area contributed by atoms with Crippen LogP contribution in [-0.2, 0) is 6.54 Å². The SMILES string of the molecule is CCn1nc(Cl)c2cc(C=O)cnc21. The highest BCUT2D eigenvalue weighted by molar-refractivity contribution is 6.34. The fourth-order valence-corrected chi connectivity index (χ4v) is 1.55. The van der Waals surface area contributed by atoms with Crippen molar-refractivity contribution in [3.8, 4) is 0 Å². The number of halogens is 1. The van der Waals surface area contributed by atoms with Crippen molar-refractivity contribution in [3.63, 3.8) is 0 Å². The average molecular weight is 210 g/mol. The summed E-state index contributed by atoms with van der Waals surface area (Å²) in [5.74, 6) is 0. The number of nitrogens with zero attached hydrogens (tertiary/aromatic N) is 3. The first-order valence-electron chi connectivity index (χ1n) is 4.23. The monoisotopic (exact) mass is 209 g/mol. The molecule has 0 bridgehead atoms. The van der Waals surface area contributed by atoms with Crippen molar-refractivity contribution in [2.75, 3.05) is 0 Å². The third-order valence-corrected chi connectivity index (χ3v) is 2.28. The zero-order chi connectivity index (χ0) is 10.1. The molecule has 0 saturated carbocycles. The van der Waals surface area contributed by atoms with Crippen molar-refractivity contribution in [3.05, 3.63) is 23.0 Å². The molecule has 2 aromatic rings. The number of carbonyl (C=O) groups is 1. The van der Waals surface area contributed by atoms with Gasteiger partial charge in [-0.3, -0.25) is 4.79 Å². The predicted molar refractivity (Wildman–Crippen MR) is 53.6 cm³/mol. The van der Waals surface area contributed by atoms with Crippen LogP contribution >= 0.6 is 11.6 Å². The first-order chi connectivity index (χ1) is 6.76. The highest BCUT2D eigenvalue weighted by Gasteiger charge is 2.09. The Morgan fingerprint density at radius 2 is 2.43 bits per heavy atom. The van der Waals surface area contributed by atoms with Gasteiger partial charge in [0, 0.05) is 18.3 Å². The highest BCUT2D eigenvalue weighted by atomic mass is 35.5. The van der Waals surface area contributed by atoms with Crippen LogP contribution in [0.4, 0.5) is 0 Å². The van der Waals surface area contributed by atoms with E-state index in [0.29, 0.717) is 22.9 Å². The Balaban J connectivity index is 2.76. The molecule has 0 aliphatic rings. The van der Waals surface area contributed by atoms with Crippen LogP contribution in [0.25, 0.3) is 11.0 Å². The molecule has 4 nitrogen and oxygen atoms in total. The fraction of sp³-hybridized carbons (Fsp3) is 0.222. The molecular weight excluding hydrogens is 202 g/mol. The molecule has 2 aromatic heterocycles. The van der Waals surface area contributed by atoms with E-state index in [-0.39, 0.29) is 0 Å². The largest absolute Gasteiger partial charge is 0.298 e. The van der Waals surface area contributed by atoms with Gasteiger partial charge < -0.3 is 0 Å². The normalized spacial score (nSPS) is 10.7. The standard InChI is InChI=1S/C9H8ClN3O/c1-2-13-9-7(8(10)12-13)3-6(5-14)4-11-9/h3-5H,2H2,1H3. The summed E-state index contributed by atoms with van der Waals surface area (Å²) in [7, 11) is 0. The minimum absolute atomic E-state index is 0.387. The van der Waals surface area contributed by atoms with Crippen LogP contribution in [0, 0.1) is 0 Å². The Labute approximate surface area is 85.5 Å². The molecule has 72 valence electrons. The second-order valence-electron chi connectivity index (χ2n) is 2.86. The Morgan fingerprint density at radius 1 is 1.64 bits per heavy atom. The summed E-state index contributed by atoms with van der Waals surface area (Å²) in [6.45, 7) is 2.66. The number of aldehydes is 1. The van der Waals surface area contributed by atoms with Gasteiger partial charge in [0.1, 0.15) is 0 Å². The molecule has 0 radical (unpaired) electrons. The molecule has 0 aliphatic heterocycles. The van der Waals surface area contributed by atoms with Crippen molar-refractivity contribution < 1.29 is 4.79 Å². The number of hydrogen-bond donors (Lipinski definition) is 0. The molecule has 0 N–H and O–H groups in total. The summed E-state index contributed by atoms with van der Waals surface area (Å²) < 4.78 is 1.70. The lowest BCUT2D eigenvalue weighted by molar-refractivity contribution is 0.112. The summed E-state index contributed by atoms with van der Waals surface area (Å²) in [6.07, 6.45) is 2.26. The summed E-state index contributed by atoms with van der Waals surface area (Å²) in [4.78, 5) is 14.7. The average Bonchev–Trinajstić information content (AvgIpc) is 2.55. The molecular formula is C9H8ClN3O. The minimum atomic E-state index is 0.387. The van der Waals surface area contributed by atoms with E-state index in [0.717, 1.165) is 11.7 Å². The smallest absolute Gasteiger partial charge is 0.160 e. The molecule has 0 amide bonds. The molecule has 0 aliphatic carbocycles. The lowest BCUT2D eigenvalue weighted by Crippen LogP contribution is -1.97. The van der Waals surface area contributed by atoms with Crippen LogP contribution in [0.3, 0.4) is 0 Å². The highest BCUT2D eigenvalue weighted by Crippen LogP contribution is 2.21. The Kier molecular flexibility index (Phi) is 2.21. The zero-order valence-corrected chi connectivity index (χ0v) is 8.32. The lowest BCUT2D eigenvalue weighted by atomic mass is 10.2. The van der Waals surface area contributed by atoms with E-state index in [2.05, 4.69) is 10.1 Å². The number of rotatable bonds is 2. The predicted octanol–water partition coefficient (Wildman–Crippen LogP) is 1.92. The van der Waals surface area contributed by atoms with Gasteiger partial charge in [0.25, 0.3) is 0 Å². The fourth-order valence-electron chi connectivity index (χ4n) is 1.32. The number of carbonyl (C=O) groups excluding carboxylic acids is 1. The van der Waals surface area contributed by atoms with E-state index in [1.54, 1.807) is 10.7 Å². The van der Waals surface area contributed by atoms with Gasteiger partial charge >= 0.3 is 0 Å². The van der Waals surface area contributed by atoms with E-state index >= 15 is 0 Å². The van der Waals surface area contributed by atoms with Crippen LogP contribution in [0.15, 0.2) is 12.3 Å². The second-order valence-corrected chi connectivity index (χ2v) is 3.22. The zero-order valence-electron chi connectivity index (χ0n) is 7.57. The first-order valence-corrected chi connectivity index (χ1v) is 4.61. The summed E-state index contributed by atoms with van der Waals surface area (Å²) in [5.41, 5.74) is 1.22. The third-order valence-electron chi connectivity index (χ3n) is 2.00. The number of aryl methyl sites for hydroxylation is 1. The van der Waals surface area contributed by atoms with Crippen LogP contribution < -0.4 is 0 Å². The van der Waals surface area contributed by atoms with Crippen LogP contribution in [0.1, 0.15) is 17.3 Å². The minimum Gasteiger partial charge on any atom is -0.298 e. The van der Waals surface area contributed by atoms with Crippen LogP contribution in [-0.4, -0.2) is 21.1 Å². The van der Waals surface area contributed by atoms with Gasteiger partial charge in [-0.05, 0) is 13.0 Å². The van der Waals surface area contributed by atoms with Crippen molar-refractivity contribution >= 4 is 28.9 Å². The Morgan fingerprint density at radius 3 is 3.07 bits per heavy atom. The van der Waals surface area contributed by atoms with E-state index < -0.39 is 0 Å². The quantitative estimate of drug-likeness (QED) is 0.710. The van der Waals surface area contributed by atoms with Gasteiger partial charge in [-0.2, -0.15) is 5.10 Å². The van der Waals surface area contributed by atoms with Gasteiger partial charge in [-0.15, -0.1) is 0 Å². The maximum Gasteiger partial charge on any atom is 0.160 e. The molecule has 0 atom stereocenters. The van der Waals surface area contributed by atoms with Gasteiger partial charge in [-0.1, -0.05) is 11.6 Å². The van der Waals surface area contributed by atoms with E-state index in [4.69, 9.17) is 11.6 Å². The second kappa shape index (κ2) is 3.38. The molecule has 2 heterocycles. The maximum absolute atomic E-state index is 10.5. The van der Waals surface area contributed by atoms with Crippen molar-refractivity contribution in [1.29, 1.82) is 0 Å². The van der Waals surface area contributed by atoms with E-state index in [1.807, 2.05) is 6.92 Å². The topological polar surface area (TPSA) is 47.8 Å². The molecule has 0 spiro atoms. The van der Waals surface area contributed by atoms with Gasteiger partial charge in [-0.25, -0.2) is 9.67 Å². The molecule has 0 unspecified atom stereocenters. The van der Waals surface area contributed by atoms with Gasteiger partial charge in [0.2, 0.25) is 0 Å². The molecule has 5 heteroatoms. The van der Waals surface area contributed by atoms with Crippen molar-refractivity contribution in [2.45, 2.75) is 13.5 Å². The Bertz CT molecular complexity index is 492. The molecule has 0 saturated heterocycles. The number of fused-ring (bicyclic) bond motifs is 1. The number of pyridine rings is 1. The van der Waals surface area contributed by atoms with Crippen LogP contribution in [0.2, 0.25) is 5.15 Å². The number of hydrogen-bond acceptors (Lipinski definition) is 3. The lowest BCUT2D eigenvalue weighted by Gasteiger charge is -1.96. The summed E-state index contributed by atoms with van der Waals surface area (Å²) >= 11 is 5.90. The molecule has 2 rings (SSSR count). The first kappa shape index (κ1) is 9.15. The molecule has 0 aromatic carbocycles. The van der Waals surface area contributed by atoms with Crippen molar-refractivity contribution in [1.82, 2.24) is 14.8 Å². The molecule has 0 fully saturated rings. The van der Waals surface area contributed by atoms with Gasteiger partial charge in [0.15, 0.2) is 17.1 Å². The van der Waals surface area contributed by atoms with Crippen LogP contribution in [0.5, 0.6) is 0 Å². The third kappa shape index (κ3) is 1.28. The van der Waals surface area contributed by atoms with Crippen molar-refractivity contribution in [2.24, 2.45) is 0 Å². The summed E-state index contributed by atoms with van der Waals surface area (Å²) in [5, 5.41) is 5.19. The van der Waals surface area contributed by atoms with Gasteiger partial charge in [0.05, 0.1) is 5.39 Å². The maximum atomic E-state index is 10.5. The van der Waals surface area contributed by atoms with E-state index in [1.165, 1.54) is 6.20 Å². The number of aromatic nitrogens is 3. The Hall–Kier alpha value is -1.42. The molecule has 14 heavy (non-hydrogen) atoms.